The van der Waals surface area contributed by atoms with Crippen LogP contribution < -0.4 is 5.32 Å². The lowest BCUT2D eigenvalue weighted by Gasteiger charge is -2.26. The van der Waals surface area contributed by atoms with Gasteiger partial charge in [0.1, 0.15) is 0 Å². The Morgan fingerprint density at radius 3 is 2.30 bits per heavy atom. The van der Waals surface area contributed by atoms with Crippen LogP contribution in [-0.4, -0.2) is 76.9 Å². The summed E-state index contributed by atoms with van der Waals surface area (Å²) >= 11 is 0. The van der Waals surface area contributed by atoms with Crippen molar-refractivity contribution in [3.63, 3.8) is 0 Å². The molecule has 0 aliphatic carbocycles. The van der Waals surface area contributed by atoms with Crippen LogP contribution >= 0.6 is 0 Å². The van der Waals surface area contributed by atoms with Crippen molar-refractivity contribution in [2.45, 2.75) is 10.9 Å². The van der Waals surface area contributed by atoms with E-state index in [0.29, 0.717) is 38.4 Å². The van der Waals surface area contributed by atoms with E-state index in [1.165, 1.54) is 22.0 Å². The molecule has 162 valence electrons. The average molecular weight is 432 g/mol. The number of benzene rings is 2. The van der Waals surface area contributed by atoms with Gasteiger partial charge in [0.25, 0.3) is 0 Å². The summed E-state index contributed by atoms with van der Waals surface area (Å²) < 4.78 is 32.0. The van der Waals surface area contributed by atoms with Crippen LogP contribution in [0.3, 0.4) is 0 Å². The molecule has 30 heavy (non-hydrogen) atoms. The Hall–Kier alpha value is -2.10. The van der Waals surface area contributed by atoms with Gasteiger partial charge < -0.3 is 15.0 Å². The van der Waals surface area contributed by atoms with Crippen molar-refractivity contribution in [1.29, 1.82) is 0 Å². The Labute approximate surface area is 178 Å². The van der Waals surface area contributed by atoms with Gasteiger partial charge in [-0.2, -0.15) is 4.31 Å². The summed E-state index contributed by atoms with van der Waals surface area (Å²) in [5.41, 5.74) is 1.67. The fourth-order valence-corrected chi connectivity index (χ4v) is 4.86. The van der Waals surface area contributed by atoms with E-state index in [-0.39, 0.29) is 23.3 Å². The maximum atomic E-state index is 12.7. The first kappa shape index (κ1) is 22.6. The molecule has 1 aliphatic heterocycles. The lowest BCUT2D eigenvalue weighted by atomic mass is 10.1. The standard InChI is InChI=1S/C22H29N3O4S/c1-24(2)21(18-6-4-3-5-7-18)16-23-17-22(26)19-8-10-20(11-9-19)30(27,28)25-12-14-29-15-13-25/h3-11,21,23H,12-17H2,1-2H3. The number of carbonyl (C=O) groups is 1. The first-order valence-corrected chi connectivity index (χ1v) is 11.5. The smallest absolute Gasteiger partial charge is 0.243 e. The van der Waals surface area contributed by atoms with Crippen molar-refractivity contribution >= 4 is 15.8 Å². The molecule has 7 nitrogen and oxygen atoms in total. The number of ketones is 1. The van der Waals surface area contributed by atoms with Crippen LogP contribution in [-0.2, 0) is 14.8 Å². The molecule has 8 heteroatoms. The van der Waals surface area contributed by atoms with Gasteiger partial charge in [-0.15, -0.1) is 0 Å². The fraction of sp³-hybridized carbons (Fsp3) is 0.409. The van der Waals surface area contributed by atoms with Gasteiger partial charge >= 0.3 is 0 Å². The van der Waals surface area contributed by atoms with Crippen molar-refractivity contribution in [1.82, 2.24) is 14.5 Å². The predicted octanol–water partition coefficient (Wildman–Crippen LogP) is 1.78. The average Bonchev–Trinajstić information content (AvgIpc) is 2.77. The van der Waals surface area contributed by atoms with E-state index in [9.17, 15) is 13.2 Å². The number of carbonyl (C=O) groups excluding carboxylic acids is 1. The third-order valence-electron chi connectivity index (χ3n) is 5.22. The van der Waals surface area contributed by atoms with E-state index in [1.807, 2.05) is 32.3 Å². The maximum absolute atomic E-state index is 12.7. The van der Waals surface area contributed by atoms with E-state index in [1.54, 1.807) is 12.1 Å². The molecule has 0 saturated carbocycles. The first-order chi connectivity index (χ1) is 14.4. The number of rotatable bonds is 9. The zero-order valence-corrected chi connectivity index (χ0v) is 18.3. The quantitative estimate of drug-likeness (QED) is 0.610. The van der Waals surface area contributed by atoms with Crippen LogP contribution in [0.5, 0.6) is 0 Å². The second-order valence-electron chi connectivity index (χ2n) is 7.49. The number of sulfonamides is 1. The number of Topliss-reactive ketones (excluding diaryl/α,β-unsaturated/α-hetero) is 1. The molecular formula is C22H29N3O4S. The maximum Gasteiger partial charge on any atom is 0.243 e. The Morgan fingerprint density at radius 1 is 1.07 bits per heavy atom. The summed E-state index contributed by atoms with van der Waals surface area (Å²) in [7, 11) is 0.465. The lowest BCUT2D eigenvalue weighted by molar-refractivity contribution is 0.0730. The highest BCUT2D eigenvalue weighted by Crippen LogP contribution is 2.19. The Kier molecular flexibility index (Phi) is 7.74. The highest BCUT2D eigenvalue weighted by molar-refractivity contribution is 7.89. The van der Waals surface area contributed by atoms with Gasteiger partial charge in [0.05, 0.1) is 24.7 Å². The molecule has 1 unspecified atom stereocenters. The second kappa shape index (κ2) is 10.3. The number of ether oxygens (including phenoxy) is 1. The number of morpholine rings is 1. The van der Waals surface area contributed by atoms with Crippen LogP contribution in [0, 0.1) is 0 Å². The molecule has 2 aromatic carbocycles. The van der Waals surface area contributed by atoms with Gasteiger partial charge in [0.2, 0.25) is 10.0 Å². The summed E-state index contributed by atoms with van der Waals surface area (Å²) in [5, 5.41) is 3.23. The molecule has 0 spiro atoms. The largest absolute Gasteiger partial charge is 0.379 e. The molecule has 1 aliphatic rings. The topological polar surface area (TPSA) is 79.0 Å². The molecule has 3 rings (SSSR count). The number of hydrogen-bond acceptors (Lipinski definition) is 6. The molecule has 0 radical (unpaired) electrons. The molecule has 1 fully saturated rings. The highest BCUT2D eigenvalue weighted by atomic mass is 32.2. The van der Waals surface area contributed by atoms with Gasteiger partial charge in [-0.1, -0.05) is 42.5 Å². The van der Waals surface area contributed by atoms with Gasteiger partial charge in [-0.3, -0.25) is 4.79 Å². The Morgan fingerprint density at radius 2 is 1.70 bits per heavy atom. The van der Waals surface area contributed by atoms with Crippen molar-refractivity contribution in [2.75, 3.05) is 53.5 Å². The van der Waals surface area contributed by atoms with Gasteiger partial charge in [0.15, 0.2) is 5.78 Å². The molecule has 1 heterocycles. The van der Waals surface area contributed by atoms with Crippen molar-refractivity contribution in [3.8, 4) is 0 Å². The van der Waals surface area contributed by atoms with E-state index in [2.05, 4.69) is 22.3 Å². The predicted molar refractivity (Wildman–Crippen MR) is 116 cm³/mol. The molecule has 1 atom stereocenters. The SMILES string of the molecule is CN(C)C(CNCC(=O)c1ccc(S(=O)(=O)N2CCOCC2)cc1)c1ccccc1. The number of hydrogen-bond donors (Lipinski definition) is 1. The number of likely N-dealkylation sites (N-methyl/N-ethyl adjacent to an activating group) is 1. The summed E-state index contributed by atoms with van der Waals surface area (Å²) in [6.07, 6.45) is 0. The highest BCUT2D eigenvalue weighted by Gasteiger charge is 2.26. The normalized spacial score (nSPS) is 16.5. The van der Waals surface area contributed by atoms with Gasteiger partial charge in [0, 0.05) is 31.2 Å². The first-order valence-electron chi connectivity index (χ1n) is 10.0. The summed E-state index contributed by atoms with van der Waals surface area (Å²) in [5.74, 6) is -0.0733. The zero-order valence-electron chi connectivity index (χ0n) is 17.5. The molecular weight excluding hydrogens is 402 g/mol. The zero-order chi connectivity index (χ0) is 21.6. The van der Waals surface area contributed by atoms with Crippen LogP contribution in [0.1, 0.15) is 22.0 Å². The molecule has 1 saturated heterocycles. The monoisotopic (exact) mass is 431 g/mol. The van der Waals surface area contributed by atoms with Crippen LogP contribution in [0.2, 0.25) is 0 Å². The van der Waals surface area contributed by atoms with Crippen molar-refractivity contribution < 1.29 is 17.9 Å². The van der Waals surface area contributed by atoms with Crippen molar-refractivity contribution in [3.05, 3.63) is 65.7 Å². The van der Waals surface area contributed by atoms with Crippen molar-refractivity contribution in [2.24, 2.45) is 0 Å². The third kappa shape index (κ3) is 5.53. The summed E-state index contributed by atoms with van der Waals surface area (Å²) in [4.78, 5) is 14.9. The molecule has 2 aromatic rings. The molecule has 0 aromatic heterocycles. The lowest BCUT2D eigenvalue weighted by Crippen LogP contribution is -2.40. The Balaban J connectivity index is 1.58. The molecule has 0 amide bonds. The van der Waals surface area contributed by atoms with E-state index >= 15 is 0 Å². The third-order valence-corrected chi connectivity index (χ3v) is 7.13. The van der Waals surface area contributed by atoms with Crippen LogP contribution in [0.25, 0.3) is 0 Å². The number of nitrogens with one attached hydrogen (secondary N) is 1. The minimum Gasteiger partial charge on any atom is -0.379 e. The fourth-order valence-electron chi connectivity index (χ4n) is 3.45. The molecule has 1 N–H and O–H groups in total. The summed E-state index contributed by atoms with van der Waals surface area (Å²) in [6, 6.07) is 16.5. The van der Waals surface area contributed by atoms with E-state index in [4.69, 9.17) is 4.74 Å². The minimum atomic E-state index is -3.55. The van der Waals surface area contributed by atoms with Gasteiger partial charge in [-0.25, -0.2) is 8.42 Å². The summed E-state index contributed by atoms with van der Waals surface area (Å²) in [6.45, 7) is 2.32. The van der Waals surface area contributed by atoms with E-state index in [0.717, 1.165) is 0 Å². The second-order valence-corrected chi connectivity index (χ2v) is 9.42. The minimum absolute atomic E-state index is 0.0733. The van der Waals surface area contributed by atoms with Gasteiger partial charge in [-0.05, 0) is 31.8 Å². The number of nitrogens with zero attached hydrogens (tertiary/aromatic N) is 2. The van der Waals surface area contributed by atoms with E-state index < -0.39 is 10.0 Å². The van der Waals surface area contributed by atoms with Crippen LogP contribution in [0.15, 0.2) is 59.5 Å². The van der Waals surface area contributed by atoms with Crippen LogP contribution in [0.4, 0.5) is 0 Å². The molecule has 0 bridgehead atoms. The Bertz CT molecular complexity index is 925.